The Morgan fingerprint density at radius 2 is 1.73 bits per heavy atom. The minimum atomic E-state index is -0.229. The zero-order valence-electron chi connectivity index (χ0n) is 9.83. The van der Waals surface area contributed by atoms with Crippen molar-refractivity contribution < 1.29 is 5.11 Å². The summed E-state index contributed by atoms with van der Waals surface area (Å²) in [6, 6.07) is 8.49. The van der Waals surface area contributed by atoms with Crippen LogP contribution in [0.3, 0.4) is 0 Å². The molecule has 0 amide bonds. The molecule has 1 rings (SSSR count). The van der Waals surface area contributed by atoms with E-state index in [1.54, 1.807) is 0 Å². The Bertz CT molecular complexity index is 277. The summed E-state index contributed by atoms with van der Waals surface area (Å²) in [5.74, 6) is 0.580. The summed E-state index contributed by atoms with van der Waals surface area (Å²) in [6.07, 6.45) is 0.554. The van der Waals surface area contributed by atoms with Crippen molar-refractivity contribution in [1.82, 2.24) is 0 Å². The van der Waals surface area contributed by atoms with Gasteiger partial charge in [-0.25, -0.2) is 0 Å². The topological polar surface area (TPSA) is 32.3 Å². The molecule has 0 radical (unpaired) electrons. The molecule has 2 heteroatoms. The van der Waals surface area contributed by atoms with Gasteiger partial charge in [-0.05, 0) is 37.0 Å². The summed E-state index contributed by atoms with van der Waals surface area (Å²) in [6.45, 7) is 7.01. The van der Waals surface area contributed by atoms with Gasteiger partial charge in [-0.1, -0.05) is 26.0 Å². The summed E-state index contributed by atoms with van der Waals surface area (Å²) in [7, 11) is 0. The van der Waals surface area contributed by atoms with Crippen LogP contribution in [-0.2, 0) is 0 Å². The van der Waals surface area contributed by atoms with Crippen molar-refractivity contribution >= 4 is 5.69 Å². The molecule has 1 aromatic rings. The summed E-state index contributed by atoms with van der Waals surface area (Å²) in [5.41, 5.74) is 2.48. The first-order chi connectivity index (χ1) is 7.09. The van der Waals surface area contributed by atoms with Crippen molar-refractivity contribution in [2.45, 2.75) is 39.2 Å². The second kappa shape index (κ2) is 5.76. The van der Waals surface area contributed by atoms with Crippen LogP contribution in [0.15, 0.2) is 24.3 Å². The molecule has 0 bridgehead atoms. The maximum absolute atomic E-state index is 9.11. The molecule has 15 heavy (non-hydrogen) atoms. The molecule has 1 aromatic carbocycles. The lowest BCUT2D eigenvalue weighted by Gasteiger charge is -2.10. The predicted molar refractivity (Wildman–Crippen MR) is 65.3 cm³/mol. The summed E-state index contributed by atoms with van der Waals surface area (Å²) >= 11 is 0. The number of hydrogen-bond acceptors (Lipinski definition) is 2. The van der Waals surface area contributed by atoms with E-state index in [-0.39, 0.29) is 6.10 Å². The van der Waals surface area contributed by atoms with E-state index in [4.69, 9.17) is 5.11 Å². The lowest BCUT2D eigenvalue weighted by molar-refractivity contribution is 0.189. The molecule has 84 valence electrons. The standard InChI is InChI=1S/C13H21NO/c1-10(2)12-4-6-13(7-5-12)14-9-8-11(3)15/h4-7,10-11,14-15H,8-9H2,1-3H3. The quantitative estimate of drug-likeness (QED) is 0.778. The van der Waals surface area contributed by atoms with E-state index in [9.17, 15) is 0 Å². The van der Waals surface area contributed by atoms with Crippen molar-refractivity contribution in [1.29, 1.82) is 0 Å². The van der Waals surface area contributed by atoms with Crippen LogP contribution in [0.25, 0.3) is 0 Å². The average molecular weight is 207 g/mol. The van der Waals surface area contributed by atoms with Crippen LogP contribution in [0, 0.1) is 0 Å². The highest BCUT2D eigenvalue weighted by Crippen LogP contribution is 2.16. The summed E-state index contributed by atoms with van der Waals surface area (Å²) in [5, 5.41) is 12.4. The number of aliphatic hydroxyl groups excluding tert-OH is 1. The Labute approximate surface area is 92.3 Å². The number of hydrogen-bond donors (Lipinski definition) is 2. The van der Waals surface area contributed by atoms with Gasteiger partial charge in [-0.15, -0.1) is 0 Å². The first-order valence-corrected chi connectivity index (χ1v) is 5.61. The van der Waals surface area contributed by atoms with Crippen LogP contribution in [0.4, 0.5) is 5.69 Å². The van der Waals surface area contributed by atoms with Crippen molar-refractivity contribution in [3.63, 3.8) is 0 Å². The zero-order chi connectivity index (χ0) is 11.3. The molecule has 1 unspecified atom stereocenters. The fourth-order valence-electron chi connectivity index (χ4n) is 1.41. The molecule has 0 aliphatic rings. The molecule has 0 aliphatic carbocycles. The van der Waals surface area contributed by atoms with E-state index in [0.29, 0.717) is 5.92 Å². The Kier molecular flexibility index (Phi) is 4.63. The highest BCUT2D eigenvalue weighted by Gasteiger charge is 1.99. The van der Waals surface area contributed by atoms with E-state index in [0.717, 1.165) is 18.7 Å². The van der Waals surface area contributed by atoms with Crippen LogP contribution in [-0.4, -0.2) is 17.8 Å². The zero-order valence-corrected chi connectivity index (χ0v) is 9.83. The molecule has 0 heterocycles. The Balaban J connectivity index is 2.43. The molecule has 0 aromatic heterocycles. The first kappa shape index (κ1) is 12.1. The fourth-order valence-corrected chi connectivity index (χ4v) is 1.41. The molecule has 2 nitrogen and oxygen atoms in total. The lowest BCUT2D eigenvalue weighted by atomic mass is 10.0. The maximum atomic E-state index is 9.11. The maximum Gasteiger partial charge on any atom is 0.0528 e. The largest absolute Gasteiger partial charge is 0.393 e. The SMILES string of the molecule is CC(O)CCNc1ccc(C(C)C)cc1. The minimum Gasteiger partial charge on any atom is -0.393 e. The van der Waals surface area contributed by atoms with Gasteiger partial charge in [0.05, 0.1) is 6.10 Å². The van der Waals surface area contributed by atoms with E-state index in [1.165, 1.54) is 5.56 Å². The third kappa shape index (κ3) is 4.34. The van der Waals surface area contributed by atoms with Gasteiger partial charge in [-0.2, -0.15) is 0 Å². The summed E-state index contributed by atoms with van der Waals surface area (Å²) < 4.78 is 0. The summed E-state index contributed by atoms with van der Waals surface area (Å²) in [4.78, 5) is 0. The second-order valence-corrected chi connectivity index (χ2v) is 4.34. The van der Waals surface area contributed by atoms with E-state index in [2.05, 4.69) is 43.4 Å². The van der Waals surface area contributed by atoms with Gasteiger partial charge < -0.3 is 10.4 Å². The van der Waals surface area contributed by atoms with Crippen molar-refractivity contribution in [3.8, 4) is 0 Å². The molecule has 0 aliphatic heterocycles. The lowest BCUT2D eigenvalue weighted by Crippen LogP contribution is -2.09. The van der Waals surface area contributed by atoms with Gasteiger partial charge in [0.2, 0.25) is 0 Å². The third-order valence-corrected chi connectivity index (χ3v) is 2.47. The Hall–Kier alpha value is -1.02. The van der Waals surface area contributed by atoms with E-state index >= 15 is 0 Å². The number of benzene rings is 1. The number of aliphatic hydroxyl groups is 1. The molecule has 0 saturated heterocycles. The smallest absolute Gasteiger partial charge is 0.0528 e. The first-order valence-electron chi connectivity index (χ1n) is 5.61. The van der Waals surface area contributed by atoms with E-state index < -0.39 is 0 Å². The average Bonchev–Trinajstić information content (AvgIpc) is 2.18. The van der Waals surface area contributed by atoms with Crippen molar-refractivity contribution in [2.75, 3.05) is 11.9 Å². The highest BCUT2D eigenvalue weighted by atomic mass is 16.3. The molecule has 0 fully saturated rings. The van der Waals surface area contributed by atoms with Gasteiger partial charge in [0.15, 0.2) is 0 Å². The predicted octanol–water partition coefficient (Wildman–Crippen LogP) is 2.99. The van der Waals surface area contributed by atoms with Crippen LogP contribution in [0.1, 0.15) is 38.7 Å². The molecule has 0 spiro atoms. The monoisotopic (exact) mass is 207 g/mol. The molecular weight excluding hydrogens is 186 g/mol. The van der Waals surface area contributed by atoms with Crippen LogP contribution >= 0.6 is 0 Å². The van der Waals surface area contributed by atoms with Crippen molar-refractivity contribution in [3.05, 3.63) is 29.8 Å². The molecule has 0 saturated carbocycles. The number of rotatable bonds is 5. The minimum absolute atomic E-state index is 0.229. The van der Waals surface area contributed by atoms with E-state index in [1.807, 2.05) is 6.92 Å². The van der Waals surface area contributed by atoms with Gasteiger partial charge in [0.1, 0.15) is 0 Å². The Morgan fingerprint density at radius 1 is 1.13 bits per heavy atom. The normalized spacial score (nSPS) is 12.9. The van der Waals surface area contributed by atoms with Gasteiger partial charge >= 0.3 is 0 Å². The van der Waals surface area contributed by atoms with Gasteiger partial charge in [0.25, 0.3) is 0 Å². The Morgan fingerprint density at radius 3 is 2.20 bits per heavy atom. The second-order valence-electron chi connectivity index (χ2n) is 4.34. The van der Waals surface area contributed by atoms with Crippen LogP contribution < -0.4 is 5.32 Å². The van der Waals surface area contributed by atoms with Crippen LogP contribution in [0.5, 0.6) is 0 Å². The van der Waals surface area contributed by atoms with Gasteiger partial charge in [0, 0.05) is 12.2 Å². The van der Waals surface area contributed by atoms with Crippen LogP contribution in [0.2, 0.25) is 0 Å². The number of nitrogens with one attached hydrogen (secondary N) is 1. The molecular formula is C13H21NO. The molecule has 2 N–H and O–H groups in total. The molecule has 1 atom stereocenters. The highest BCUT2D eigenvalue weighted by molar-refractivity contribution is 5.45. The third-order valence-electron chi connectivity index (χ3n) is 2.47. The fraction of sp³-hybridized carbons (Fsp3) is 0.538. The van der Waals surface area contributed by atoms with Crippen molar-refractivity contribution in [2.24, 2.45) is 0 Å². The number of anilines is 1. The van der Waals surface area contributed by atoms with Gasteiger partial charge in [-0.3, -0.25) is 0 Å².